The van der Waals surface area contributed by atoms with E-state index in [0.29, 0.717) is 29.7 Å². The Balaban J connectivity index is 1.60. The average Bonchev–Trinajstić information content (AvgIpc) is 3.45. The quantitative estimate of drug-likeness (QED) is 0.498. The van der Waals surface area contributed by atoms with E-state index in [1.165, 1.54) is 15.0 Å². The minimum absolute atomic E-state index is 0.0813. The molecule has 1 atom stereocenters. The van der Waals surface area contributed by atoms with Gasteiger partial charge in [0.05, 0.1) is 17.1 Å². The summed E-state index contributed by atoms with van der Waals surface area (Å²) >= 11 is 3.39. The van der Waals surface area contributed by atoms with Crippen LogP contribution in [0.5, 0.6) is 0 Å². The number of carbonyl (C=O) groups is 1. The molecule has 0 bridgehead atoms. The molecule has 4 aromatic rings. The first kappa shape index (κ1) is 19.0. The van der Waals surface area contributed by atoms with Gasteiger partial charge in [-0.1, -0.05) is 6.07 Å². The lowest BCUT2D eigenvalue weighted by Gasteiger charge is -2.35. The van der Waals surface area contributed by atoms with Crippen LogP contribution in [-0.4, -0.2) is 26.9 Å². The Morgan fingerprint density at radius 2 is 2.03 bits per heavy atom. The Morgan fingerprint density at radius 1 is 1.17 bits per heavy atom. The van der Waals surface area contributed by atoms with Crippen molar-refractivity contribution in [3.05, 3.63) is 88.7 Å². The summed E-state index contributed by atoms with van der Waals surface area (Å²) in [6.07, 6.45) is 0.834. The number of fused-ring (bicyclic) bond motifs is 2. The van der Waals surface area contributed by atoms with Crippen molar-refractivity contribution in [2.45, 2.75) is 25.9 Å². The highest BCUT2D eigenvalue weighted by Crippen LogP contribution is 2.40. The van der Waals surface area contributed by atoms with Gasteiger partial charge in [-0.3, -0.25) is 14.4 Å². The highest BCUT2D eigenvalue weighted by Gasteiger charge is 2.34. The van der Waals surface area contributed by atoms with Crippen molar-refractivity contribution in [1.82, 2.24) is 14.5 Å². The molecule has 30 heavy (non-hydrogen) atoms. The third-order valence-corrected chi connectivity index (χ3v) is 7.50. The Hall–Kier alpha value is -2.97. The van der Waals surface area contributed by atoms with Gasteiger partial charge in [-0.2, -0.15) is 0 Å². The number of hydrogen-bond donors (Lipinski definition) is 1. The minimum atomic E-state index is -0.675. The largest absolute Gasteiger partial charge is 0.326 e. The van der Waals surface area contributed by atoms with Crippen LogP contribution in [0, 0.1) is 0 Å². The van der Waals surface area contributed by atoms with E-state index in [-0.39, 0.29) is 11.9 Å². The summed E-state index contributed by atoms with van der Waals surface area (Å²) in [5, 5.41) is 4.12. The molecule has 0 spiro atoms. The summed E-state index contributed by atoms with van der Waals surface area (Å²) in [6.45, 7) is 2.84. The molecule has 6 nitrogen and oxygen atoms in total. The Kier molecular flexibility index (Phi) is 4.67. The van der Waals surface area contributed by atoms with Crippen LogP contribution < -0.4 is 11.1 Å². The number of benzene rings is 1. The van der Waals surface area contributed by atoms with Crippen LogP contribution >= 0.6 is 22.7 Å². The molecule has 1 unspecified atom stereocenters. The van der Waals surface area contributed by atoms with Gasteiger partial charge in [-0.15, -0.1) is 22.7 Å². The number of amides is 1. The SMILES string of the molecule is CCn1c(=O)c(=O)[nH]c2cc(C(=O)N3CCc4sccc4C3c3cccs3)ccc21. The Morgan fingerprint density at radius 3 is 2.80 bits per heavy atom. The third-order valence-electron chi connectivity index (χ3n) is 5.58. The maximum atomic E-state index is 13.6. The van der Waals surface area contributed by atoms with Gasteiger partial charge in [0.1, 0.15) is 0 Å². The number of thiophene rings is 2. The summed E-state index contributed by atoms with van der Waals surface area (Å²) in [5.74, 6) is -0.0813. The molecule has 0 radical (unpaired) electrons. The molecule has 152 valence electrons. The highest BCUT2D eigenvalue weighted by atomic mass is 32.1. The predicted octanol–water partition coefficient (Wildman–Crippen LogP) is 3.62. The van der Waals surface area contributed by atoms with Crippen LogP contribution in [0.4, 0.5) is 0 Å². The first-order chi connectivity index (χ1) is 14.6. The fourth-order valence-electron chi connectivity index (χ4n) is 4.18. The highest BCUT2D eigenvalue weighted by molar-refractivity contribution is 7.10. The molecule has 0 fully saturated rings. The summed E-state index contributed by atoms with van der Waals surface area (Å²) in [6, 6.07) is 11.2. The second-order valence-electron chi connectivity index (χ2n) is 7.20. The second kappa shape index (κ2) is 7.37. The van der Waals surface area contributed by atoms with Gasteiger partial charge >= 0.3 is 11.1 Å². The topological polar surface area (TPSA) is 75.2 Å². The molecule has 1 aromatic carbocycles. The van der Waals surface area contributed by atoms with E-state index in [9.17, 15) is 14.4 Å². The summed E-state index contributed by atoms with van der Waals surface area (Å²) < 4.78 is 1.43. The van der Waals surface area contributed by atoms with E-state index >= 15 is 0 Å². The molecule has 1 N–H and O–H groups in total. The van der Waals surface area contributed by atoms with E-state index in [1.807, 2.05) is 23.3 Å². The van der Waals surface area contributed by atoms with Gasteiger partial charge in [0.2, 0.25) is 0 Å². The van der Waals surface area contributed by atoms with Crippen molar-refractivity contribution in [3.63, 3.8) is 0 Å². The van der Waals surface area contributed by atoms with E-state index in [4.69, 9.17) is 0 Å². The standard InChI is InChI=1S/C22H19N3O3S2/c1-2-24-16-6-5-13(12-15(16)23-20(26)22(24)28)21(27)25-9-7-17-14(8-11-30-17)19(25)18-4-3-10-29-18/h3-6,8,10-12,19H,2,7,9H2,1H3,(H,23,26). The summed E-state index contributed by atoms with van der Waals surface area (Å²) in [7, 11) is 0. The van der Waals surface area contributed by atoms with Gasteiger partial charge in [-0.05, 0) is 60.0 Å². The maximum absolute atomic E-state index is 13.6. The molecule has 8 heteroatoms. The molecule has 5 rings (SSSR count). The van der Waals surface area contributed by atoms with Crippen molar-refractivity contribution in [3.8, 4) is 0 Å². The number of nitrogens with zero attached hydrogens (tertiary/aromatic N) is 2. The van der Waals surface area contributed by atoms with E-state index in [0.717, 1.165) is 11.3 Å². The van der Waals surface area contributed by atoms with E-state index in [1.54, 1.807) is 40.9 Å². The zero-order valence-corrected chi connectivity index (χ0v) is 17.9. The molecule has 1 aliphatic rings. The van der Waals surface area contributed by atoms with Gasteiger partial charge in [0, 0.05) is 28.4 Å². The van der Waals surface area contributed by atoms with Gasteiger partial charge in [-0.25, -0.2) is 0 Å². The average molecular weight is 438 g/mol. The Labute approximate surface area is 180 Å². The number of carbonyl (C=O) groups excluding carboxylic acids is 1. The van der Waals surface area contributed by atoms with Crippen LogP contribution in [0.3, 0.4) is 0 Å². The molecular formula is C22H19N3O3S2. The van der Waals surface area contributed by atoms with E-state index in [2.05, 4.69) is 22.5 Å². The number of rotatable bonds is 3. The lowest BCUT2D eigenvalue weighted by atomic mass is 9.97. The first-order valence-electron chi connectivity index (χ1n) is 9.76. The van der Waals surface area contributed by atoms with Crippen LogP contribution in [0.15, 0.2) is 56.7 Å². The van der Waals surface area contributed by atoms with Crippen molar-refractivity contribution in [1.29, 1.82) is 0 Å². The Bertz CT molecular complexity index is 1360. The van der Waals surface area contributed by atoms with Crippen LogP contribution in [0.1, 0.15) is 38.6 Å². The van der Waals surface area contributed by atoms with Crippen LogP contribution in [-0.2, 0) is 13.0 Å². The van der Waals surface area contributed by atoms with Gasteiger partial charge in [0.25, 0.3) is 5.91 Å². The molecule has 1 aliphatic heterocycles. The monoisotopic (exact) mass is 437 g/mol. The molecule has 1 amide bonds. The fraction of sp³-hybridized carbons (Fsp3) is 0.227. The zero-order chi connectivity index (χ0) is 20.8. The minimum Gasteiger partial charge on any atom is -0.326 e. The molecule has 0 saturated carbocycles. The van der Waals surface area contributed by atoms with Crippen molar-refractivity contribution in [2.24, 2.45) is 0 Å². The van der Waals surface area contributed by atoms with E-state index < -0.39 is 11.1 Å². The number of aryl methyl sites for hydroxylation is 1. The predicted molar refractivity (Wildman–Crippen MR) is 120 cm³/mol. The van der Waals surface area contributed by atoms with Crippen molar-refractivity contribution >= 4 is 39.6 Å². The summed E-state index contributed by atoms with van der Waals surface area (Å²) in [4.78, 5) is 44.7. The molecule has 4 heterocycles. The zero-order valence-electron chi connectivity index (χ0n) is 16.3. The second-order valence-corrected chi connectivity index (χ2v) is 9.18. The summed E-state index contributed by atoms with van der Waals surface area (Å²) in [5.41, 5.74) is 1.55. The molecular weight excluding hydrogens is 418 g/mol. The number of H-pyrrole nitrogens is 1. The number of aromatic nitrogens is 2. The number of hydrogen-bond acceptors (Lipinski definition) is 5. The van der Waals surface area contributed by atoms with Crippen LogP contribution in [0.25, 0.3) is 11.0 Å². The normalized spacial score (nSPS) is 16.0. The van der Waals surface area contributed by atoms with Gasteiger partial charge in [0.15, 0.2) is 0 Å². The third kappa shape index (κ3) is 2.95. The maximum Gasteiger partial charge on any atom is 0.316 e. The first-order valence-corrected chi connectivity index (χ1v) is 11.5. The lowest BCUT2D eigenvalue weighted by molar-refractivity contribution is 0.0699. The lowest BCUT2D eigenvalue weighted by Crippen LogP contribution is -2.40. The number of aromatic amines is 1. The molecule has 0 aliphatic carbocycles. The van der Waals surface area contributed by atoms with Crippen LogP contribution in [0.2, 0.25) is 0 Å². The number of nitrogens with one attached hydrogen (secondary N) is 1. The smallest absolute Gasteiger partial charge is 0.316 e. The molecule has 0 saturated heterocycles. The molecule has 3 aromatic heterocycles. The van der Waals surface area contributed by atoms with Crippen molar-refractivity contribution < 1.29 is 4.79 Å². The van der Waals surface area contributed by atoms with Gasteiger partial charge < -0.3 is 14.5 Å². The van der Waals surface area contributed by atoms with Crippen molar-refractivity contribution in [2.75, 3.05) is 6.54 Å². The fourth-order valence-corrected chi connectivity index (χ4v) is 5.94.